The van der Waals surface area contributed by atoms with Crippen LogP contribution >= 0.6 is 11.8 Å². The van der Waals surface area contributed by atoms with E-state index in [1.807, 2.05) is 43.5 Å². The summed E-state index contributed by atoms with van der Waals surface area (Å²) in [5.41, 5.74) is 3.74. The molecule has 0 aliphatic carbocycles. The molecule has 0 fully saturated rings. The third-order valence-corrected chi connectivity index (χ3v) is 6.01. The van der Waals surface area contributed by atoms with Gasteiger partial charge in [0, 0.05) is 18.8 Å². The summed E-state index contributed by atoms with van der Waals surface area (Å²) in [6.07, 6.45) is 0.0888. The molecule has 0 saturated heterocycles. The van der Waals surface area contributed by atoms with Crippen molar-refractivity contribution in [2.24, 2.45) is 0 Å². The van der Waals surface area contributed by atoms with E-state index in [2.05, 4.69) is 20.8 Å². The average molecular weight is 456 g/mol. The summed E-state index contributed by atoms with van der Waals surface area (Å²) in [6.45, 7) is 6.81. The zero-order valence-corrected chi connectivity index (χ0v) is 19.1. The lowest BCUT2D eigenvalue weighted by Crippen LogP contribution is -2.24. The molecule has 7 nitrogen and oxygen atoms in total. The maximum Gasteiger partial charge on any atom is 0.232 e. The second-order valence-electron chi connectivity index (χ2n) is 7.31. The Labute approximate surface area is 190 Å². The molecule has 0 saturated carbocycles. The number of halogens is 1. The minimum absolute atomic E-state index is 0.0888. The zero-order chi connectivity index (χ0) is 23.1. The third-order valence-electron chi connectivity index (χ3n) is 5.04. The number of benzene rings is 2. The van der Waals surface area contributed by atoms with Gasteiger partial charge in [-0.05, 0) is 55.7 Å². The molecule has 1 aromatic heterocycles. The Kier molecular flexibility index (Phi) is 7.99. The van der Waals surface area contributed by atoms with Crippen LogP contribution < -0.4 is 10.6 Å². The molecule has 9 heteroatoms. The van der Waals surface area contributed by atoms with E-state index in [0.29, 0.717) is 24.1 Å². The smallest absolute Gasteiger partial charge is 0.232 e. The van der Waals surface area contributed by atoms with Gasteiger partial charge in [0.2, 0.25) is 11.8 Å². The number of hydrogen-bond donors (Lipinski definition) is 2. The minimum Gasteiger partial charge on any atom is -0.351 e. The van der Waals surface area contributed by atoms with Gasteiger partial charge in [-0.3, -0.25) is 9.59 Å². The van der Waals surface area contributed by atoms with E-state index in [1.54, 1.807) is 12.1 Å². The summed E-state index contributed by atoms with van der Waals surface area (Å²) in [4.78, 5) is 24.7. The van der Waals surface area contributed by atoms with Gasteiger partial charge in [0.25, 0.3) is 0 Å². The van der Waals surface area contributed by atoms with Crippen LogP contribution in [0.2, 0.25) is 0 Å². The Morgan fingerprint density at radius 1 is 1.06 bits per heavy atom. The van der Waals surface area contributed by atoms with Gasteiger partial charge in [-0.15, -0.1) is 10.2 Å². The molecular formula is C23H26FN5O2S. The molecule has 0 bridgehead atoms. The summed E-state index contributed by atoms with van der Waals surface area (Å²) in [5, 5.41) is 14.6. The van der Waals surface area contributed by atoms with Crippen LogP contribution in [0.15, 0.2) is 47.6 Å². The Morgan fingerprint density at radius 2 is 1.81 bits per heavy atom. The lowest BCUT2D eigenvalue weighted by atomic mass is 10.1. The molecule has 2 N–H and O–H groups in total. The number of nitrogens with zero attached hydrogens (tertiary/aromatic N) is 3. The summed E-state index contributed by atoms with van der Waals surface area (Å²) >= 11 is 1.26. The van der Waals surface area contributed by atoms with Crippen LogP contribution in [0, 0.1) is 19.7 Å². The highest BCUT2D eigenvalue weighted by atomic mass is 32.2. The highest BCUT2D eigenvalue weighted by molar-refractivity contribution is 7.99. The van der Waals surface area contributed by atoms with E-state index < -0.39 is 0 Å². The first-order valence-corrected chi connectivity index (χ1v) is 11.3. The van der Waals surface area contributed by atoms with Crippen molar-refractivity contribution in [1.82, 2.24) is 20.1 Å². The number of amides is 2. The van der Waals surface area contributed by atoms with E-state index in [-0.39, 0.29) is 29.8 Å². The van der Waals surface area contributed by atoms with Gasteiger partial charge in [-0.2, -0.15) is 0 Å². The quantitative estimate of drug-likeness (QED) is 0.481. The summed E-state index contributed by atoms with van der Waals surface area (Å²) in [6, 6.07) is 11.8. The van der Waals surface area contributed by atoms with E-state index in [1.165, 1.54) is 23.9 Å². The Balaban J connectivity index is 1.54. The molecule has 1 heterocycles. The van der Waals surface area contributed by atoms with Crippen LogP contribution in [0.3, 0.4) is 0 Å². The zero-order valence-electron chi connectivity index (χ0n) is 18.3. The molecule has 168 valence electrons. The number of rotatable bonds is 9. The van der Waals surface area contributed by atoms with E-state index in [9.17, 15) is 14.0 Å². The molecular weight excluding hydrogens is 429 g/mol. The van der Waals surface area contributed by atoms with E-state index >= 15 is 0 Å². The first-order chi connectivity index (χ1) is 15.4. The van der Waals surface area contributed by atoms with Gasteiger partial charge in [-0.1, -0.05) is 36.0 Å². The van der Waals surface area contributed by atoms with Crippen molar-refractivity contribution in [2.45, 2.75) is 45.4 Å². The van der Waals surface area contributed by atoms with Crippen LogP contribution in [0.1, 0.15) is 29.4 Å². The molecule has 3 aromatic rings. The Morgan fingerprint density at radius 3 is 2.53 bits per heavy atom. The molecule has 0 unspecified atom stereocenters. The highest BCUT2D eigenvalue weighted by Gasteiger charge is 2.16. The summed E-state index contributed by atoms with van der Waals surface area (Å²) in [5.74, 6) is 0.0553. The molecule has 0 atom stereocenters. The maximum absolute atomic E-state index is 13.0. The third kappa shape index (κ3) is 6.16. The lowest BCUT2D eigenvalue weighted by molar-refractivity contribution is -0.118. The van der Waals surface area contributed by atoms with Gasteiger partial charge in [0.1, 0.15) is 11.6 Å². The van der Waals surface area contributed by atoms with E-state index in [0.717, 1.165) is 22.4 Å². The molecule has 3 rings (SSSR count). The number of aryl methyl sites for hydroxylation is 1. The molecule has 2 amide bonds. The predicted molar refractivity (Wildman–Crippen MR) is 123 cm³/mol. The molecule has 2 aromatic carbocycles. The van der Waals surface area contributed by atoms with Crippen molar-refractivity contribution < 1.29 is 14.0 Å². The average Bonchev–Trinajstić information content (AvgIpc) is 3.16. The Bertz CT molecular complexity index is 1100. The largest absolute Gasteiger partial charge is 0.351 e. The highest BCUT2D eigenvalue weighted by Crippen LogP contribution is 2.20. The standard InChI is InChI=1S/C23H26FN5O2S/c1-4-29-20(12-21(30)26-19-7-5-6-15(2)16(19)3)27-28-23(29)32-14-22(31)25-13-17-8-10-18(24)11-9-17/h5-11H,4,12-14H2,1-3H3,(H,25,31)(H,26,30). The normalized spacial score (nSPS) is 10.8. The van der Waals surface area contributed by atoms with Crippen LogP contribution in [-0.4, -0.2) is 32.3 Å². The van der Waals surface area contributed by atoms with E-state index in [4.69, 9.17) is 0 Å². The fraction of sp³-hybridized carbons (Fsp3) is 0.304. The van der Waals surface area contributed by atoms with Crippen molar-refractivity contribution in [3.63, 3.8) is 0 Å². The second kappa shape index (κ2) is 10.9. The number of aromatic nitrogens is 3. The van der Waals surface area contributed by atoms with Gasteiger partial charge in [-0.25, -0.2) is 4.39 Å². The van der Waals surface area contributed by atoms with Gasteiger partial charge < -0.3 is 15.2 Å². The first-order valence-electron chi connectivity index (χ1n) is 10.3. The molecule has 32 heavy (non-hydrogen) atoms. The summed E-state index contributed by atoms with van der Waals surface area (Å²) < 4.78 is 14.8. The van der Waals surface area contributed by atoms with Gasteiger partial charge >= 0.3 is 0 Å². The van der Waals surface area contributed by atoms with Crippen LogP contribution in [0.5, 0.6) is 0 Å². The monoisotopic (exact) mass is 455 g/mol. The first kappa shape index (κ1) is 23.5. The maximum atomic E-state index is 13.0. The summed E-state index contributed by atoms with van der Waals surface area (Å²) in [7, 11) is 0. The molecule has 0 spiro atoms. The number of hydrogen-bond acceptors (Lipinski definition) is 5. The van der Waals surface area contributed by atoms with Crippen molar-refractivity contribution >= 4 is 29.3 Å². The Hall–Kier alpha value is -3.20. The topological polar surface area (TPSA) is 88.9 Å². The minimum atomic E-state index is -0.312. The van der Waals surface area contributed by atoms with Crippen molar-refractivity contribution in [1.29, 1.82) is 0 Å². The van der Waals surface area contributed by atoms with Crippen molar-refractivity contribution in [3.05, 3.63) is 70.8 Å². The van der Waals surface area contributed by atoms with Crippen LogP contribution in [0.4, 0.5) is 10.1 Å². The van der Waals surface area contributed by atoms with Crippen molar-refractivity contribution in [2.75, 3.05) is 11.1 Å². The number of anilines is 1. The van der Waals surface area contributed by atoms with Crippen LogP contribution in [-0.2, 0) is 29.1 Å². The van der Waals surface area contributed by atoms with Crippen molar-refractivity contribution in [3.8, 4) is 0 Å². The fourth-order valence-corrected chi connectivity index (χ4v) is 3.93. The molecule has 0 radical (unpaired) electrons. The number of thioether (sulfide) groups is 1. The molecule has 0 aliphatic rings. The number of carbonyl (C=O) groups excluding carboxylic acids is 2. The molecule has 0 aliphatic heterocycles. The lowest BCUT2D eigenvalue weighted by Gasteiger charge is -2.11. The fourth-order valence-electron chi connectivity index (χ4n) is 3.08. The SMILES string of the molecule is CCn1c(CC(=O)Nc2cccc(C)c2C)nnc1SCC(=O)NCc1ccc(F)cc1. The second-order valence-corrected chi connectivity index (χ2v) is 8.25. The van der Waals surface area contributed by atoms with Gasteiger partial charge in [0.05, 0.1) is 12.2 Å². The predicted octanol–water partition coefficient (Wildman–Crippen LogP) is 3.64. The number of nitrogens with one attached hydrogen (secondary N) is 2. The van der Waals surface area contributed by atoms with Gasteiger partial charge in [0.15, 0.2) is 5.16 Å². The number of carbonyl (C=O) groups is 2. The van der Waals surface area contributed by atoms with Crippen LogP contribution in [0.25, 0.3) is 0 Å².